The quantitative estimate of drug-likeness (QED) is 0.618. The summed E-state index contributed by atoms with van der Waals surface area (Å²) in [6, 6.07) is 1.38. The van der Waals surface area contributed by atoms with E-state index < -0.39 is 11.7 Å². The highest BCUT2D eigenvalue weighted by molar-refractivity contribution is 5.66. The van der Waals surface area contributed by atoms with Crippen molar-refractivity contribution in [1.29, 1.82) is 0 Å². The van der Waals surface area contributed by atoms with E-state index in [0.717, 1.165) is 0 Å². The number of nitrogens with zero attached hydrogens (tertiary/aromatic N) is 1. The van der Waals surface area contributed by atoms with Gasteiger partial charge in [-0.2, -0.15) is 13.2 Å². The van der Waals surface area contributed by atoms with Crippen molar-refractivity contribution < 1.29 is 13.2 Å². The number of alkyl halides is 3. The van der Waals surface area contributed by atoms with Crippen LogP contribution in [0.25, 0.3) is 5.57 Å². The van der Waals surface area contributed by atoms with Crippen LogP contribution in [0.4, 0.5) is 13.2 Å². The van der Waals surface area contributed by atoms with Gasteiger partial charge in [-0.3, -0.25) is 0 Å². The molecule has 0 bridgehead atoms. The molecule has 0 saturated carbocycles. The number of rotatable bonds is 1. The van der Waals surface area contributed by atoms with Crippen molar-refractivity contribution in [3.63, 3.8) is 0 Å². The zero-order valence-corrected chi connectivity index (χ0v) is 6.52. The summed E-state index contributed by atoms with van der Waals surface area (Å²) >= 11 is 0. The van der Waals surface area contributed by atoms with Gasteiger partial charge in [0.15, 0.2) is 0 Å². The Bertz CT molecular complexity index is 295. The van der Waals surface area contributed by atoms with Crippen LogP contribution in [0.15, 0.2) is 25.0 Å². The van der Waals surface area contributed by atoms with Crippen molar-refractivity contribution in [1.82, 2.24) is 4.57 Å². The Labute approximate surface area is 68.1 Å². The molecular formula is C8H8F3N. The fourth-order valence-electron chi connectivity index (χ4n) is 0.845. The Balaban J connectivity index is 2.93. The normalized spacial score (nSPS) is 11.7. The molecule has 0 aromatic carbocycles. The lowest BCUT2D eigenvalue weighted by Crippen LogP contribution is -2.08. The van der Waals surface area contributed by atoms with E-state index in [1.54, 1.807) is 17.8 Å². The molecule has 0 amide bonds. The van der Waals surface area contributed by atoms with Gasteiger partial charge < -0.3 is 4.57 Å². The van der Waals surface area contributed by atoms with Gasteiger partial charge in [0.2, 0.25) is 0 Å². The molecule has 1 aromatic heterocycles. The maximum atomic E-state index is 12.0. The second-order valence-electron chi connectivity index (χ2n) is 2.54. The highest BCUT2D eigenvalue weighted by atomic mass is 19.4. The van der Waals surface area contributed by atoms with E-state index in [1.165, 1.54) is 12.3 Å². The Morgan fingerprint density at radius 2 is 2.08 bits per heavy atom. The van der Waals surface area contributed by atoms with E-state index in [4.69, 9.17) is 0 Å². The summed E-state index contributed by atoms with van der Waals surface area (Å²) in [5, 5.41) is 0. The number of aromatic nitrogens is 1. The number of hydrogen-bond acceptors (Lipinski definition) is 0. The predicted molar refractivity (Wildman–Crippen MR) is 40.5 cm³/mol. The van der Waals surface area contributed by atoms with Crippen molar-refractivity contribution >= 4 is 5.57 Å². The number of halogens is 3. The third kappa shape index (κ3) is 1.69. The van der Waals surface area contributed by atoms with Gasteiger partial charge in [0, 0.05) is 25.0 Å². The van der Waals surface area contributed by atoms with Crippen LogP contribution < -0.4 is 0 Å². The molecule has 1 heterocycles. The summed E-state index contributed by atoms with van der Waals surface area (Å²) < 4.78 is 37.7. The molecule has 12 heavy (non-hydrogen) atoms. The fraction of sp³-hybridized carbons (Fsp3) is 0.250. The molecule has 0 N–H and O–H groups in total. The monoisotopic (exact) mass is 175 g/mol. The SMILES string of the molecule is C=C(c1ccn(C)c1)C(F)(F)F. The molecular weight excluding hydrogens is 167 g/mol. The molecule has 1 nitrogen and oxygen atoms in total. The van der Waals surface area contributed by atoms with Gasteiger partial charge in [0.05, 0.1) is 5.57 Å². The van der Waals surface area contributed by atoms with Crippen LogP contribution in [0, 0.1) is 0 Å². The van der Waals surface area contributed by atoms with Gasteiger partial charge in [-0.15, -0.1) is 0 Å². The lowest BCUT2D eigenvalue weighted by molar-refractivity contribution is -0.0686. The molecule has 1 aromatic rings. The summed E-state index contributed by atoms with van der Waals surface area (Å²) in [7, 11) is 1.66. The van der Waals surface area contributed by atoms with Crippen LogP contribution in [0.2, 0.25) is 0 Å². The molecule has 66 valence electrons. The number of hydrogen-bond donors (Lipinski definition) is 0. The highest BCUT2D eigenvalue weighted by Gasteiger charge is 2.32. The smallest absolute Gasteiger partial charge is 0.357 e. The molecule has 0 aliphatic rings. The van der Waals surface area contributed by atoms with Crippen molar-refractivity contribution in [2.24, 2.45) is 7.05 Å². The zero-order valence-electron chi connectivity index (χ0n) is 6.52. The summed E-state index contributed by atoms with van der Waals surface area (Å²) in [6.07, 6.45) is -1.40. The third-order valence-electron chi connectivity index (χ3n) is 1.52. The summed E-state index contributed by atoms with van der Waals surface area (Å²) in [4.78, 5) is 0. The minimum absolute atomic E-state index is 0.116. The predicted octanol–water partition coefficient (Wildman–Crippen LogP) is 2.60. The molecule has 0 aliphatic carbocycles. The van der Waals surface area contributed by atoms with E-state index in [0.29, 0.717) is 0 Å². The van der Waals surface area contributed by atoms with Crippen molar-refractivity contribution in [3.8, 4) is 0 Å². The first-order chi connectivity index (χ1) is 5.41. The highest BCUT2D eigenvalue weighted by Crippen LogP contribution is 2.31. The average molecular weight is 175 g/mol. The van der Waals surface area contributed by atoms with Crippen molar-refractivity contribution in [3.05, 3.63) is 30.6 Å². The standard InChI is InChI=1S/C8H8F3N/c1-6(8(9,10)11)7-3-4-12(2)5-7/h3-5H,1H2,2H3. The first-order valence-electron chi connectivity index (χ1n) is 3.29. The van der Waals surface area contributed by atoms with Crippen LogP contribution in [0.3, 0.4) is 0 Å². The molecule has 0 saturated heterocycles. The van der Waals surface area contributed by atoms with Crippen LogP contribution in [0.5, 0.6) is 0 Å². The Kier molecular flexibility index (Phi) is 2.00. The molecule has 0 fully saturated rings. The Morgan fingerprint density at radius 3 is 2.42 bits per heavy atom. The molecule has 4 heteroatoms. The summed E-state index contributed by atoms with van der Waals surface area (Å²) in [5.74, 6) is 0. The lowest BCUT2D eigenvalue weighted by atomic mass is 10.1. The molecule has 0 unspecified atom stereocenters. The largest absolute Gasteiger partial charge is 0.416 e. The van der Waals surface area contributed by atoms with E-state index >= 15 is 0 Å². The van der Waals surface area contributed by atoms with Crippen LogP contribution in [-0.4, -0.2) is 10.7 Å². The van der Waals surface area contributed by atoms with E-state index in [1.807, 2.05) is 0 Å². The molecule has 0 spiro atoms. The molecule has 1 rings (SSSR count). The maximum Gasteiger partial charge on any atom is 0.416 e. The molecule has 0 atom stereocenters. The van der Waals surface area contributed by atoms with E-state index in [2.05, 4.69) is 6.58 Å². The van der Waals surface area contributed by atoms with Gasteiger partial charge in [-0.05, 0) is 6.07 Å². The van der Waals surface area contributed by atoms with E-state index in [-0.39, 0.29) is 5.56 Å². The topological polar surface area (TPSA) is 4.93 Å². The summed E-state index contributed by atoms with van der Waals surface area (Å²) in [6.45, 7) is 2.97. The second kappa shape index (κ2) is 2.69. The maximum absolute atomic E-state index is 12.0. The van der Waals surface area contributed by atoms with Gasteiger partial charge in [0.25, 0.3) is 0 Å². The van der Waals surface area contributed by atoms with Crippen molar-refractivity contribution in [2.75, 3.05) is 0 Å². The van der Waals surface area contributed by atoms with Gasteiger partial charge >= 0.3 is 6.18 Å². The summed E-state index contributed by atoms with van der Waals surface area (Å²) in [5.41, 5.74) is -0.687. The van der Waals surface area contributed by atoms with Gasteiger partial charge in [-0.1, -0.05) is 6.58 Å². The average Bonchev–Trinajstić information content (AvgIpc) is 2.32. The van der Waals surface area contributed by atoms with Crippen LogP contribution in [-0.2, 0) is 7.05 Å². The second-order valence-corrected chi connectivity index (χ2v) is 2.54. The molecule has 0 radical (unpaired) electrons. The minimum atomic E-state index is -4.33. The Hall–Kier alpha value is -1.19. The van der Waals surface area contributed by atoms with Gasteiger partial charge in [0.1, 0.15) is 0 Å². The van der Waals surface area contributed by atoms with Gasteiger partial charge in [-0.25, -0.2) is 0 Å². The third-order valence-corrected chi connectivity index (χ3v) is 1.52. The first-order valence-corrected chi connectivity index (χ1v) is 3.29. The fourth-order valence-corrected chi connectivity index (χ4v) is 0.845. The minimum Gasteiger partial charge on any atom is -0.357 e. The molecule has 0 aliphatic heterocycles. The Morgan fingerprint density at radius 1 is 1.50 bits per heavy atom. The number of aryl methyl sites for hydroxylation is 1. The van der Waals surface area contributed by atoms with Crippen molar-refractivity contribution in [2.45, 2.75) is 6.18 Å². The van der Waals surface area contributed by atoms with E-state index in [9.17, 15) is 13.2 Å². The zero-order chi connectivity index (χ0) is 9.35. The first kappa shape index (κ1) is 8.90. The van der Waals surface area contributed by atoms with Crippen LogP contribution >= 0.6 is 0 Å². The number of allylic oxidation sites excluding steroid dienone is 1. The lowest BCUT2D eigenvalue weighted by Gasteiger charge is -2.07. The van der Waals surface area contributed by atoms with Crippen LogP contribution in [0.1, 0.15) is 5.56 Å².